The second-order valence-corrected chi connectivity index (χ2v) is 11.0. The minimum atomic E-state index is -1.50. The number of benzene rings is 4. The van der Waals surface area contributed by atoms with Crippen molar-refractivity contribution in [1.82, 2.24) is 4.90 Å². The average Bonchev–Trinajstić information content (AvgIpc) is 3.49. The van der Waals surface area contributed by atoms with E-state index < -0.39 is 34.1 Å². The van der Waals surface area contributed by atoms with Crippen LogP contribution in [0.5, 0.6) is 0 Å². The van der Waals surface area contributed by atoms with E-state index in [0.29, 0.717) is 16.8 Å². The summed E-state index contributed by atoms with van der Waals surface area (Å²) in [4.78, 5) is 56.7. The number of rotatable bonds is 5. The molecule has 1 amide bonds. The molecule has 4 aromatic rings. The summed E-state index contributed by atoms with van der Waals surface area (Å²) in [6.07, 6.45) is 3.70. The van der Waals surface area contributed by atoms with Gasteiger partial charge in [0.2, 0.25) is 5.91 Å². The number of hydrogen-bond donors (Lipinski definition) is 1. The summed E-state index contributed by atoms with van der Waals surface area (Å²) in [6, 6.07) is 25.8. The van der Waals surface area contributed by atoms with Crippen molar-refractivity contribution in [2.24, 2.45) is 5.92 Å². The molecule has 0 saturated carbocycles. The molecule has 0 aromatic heterocycles. The number of amides is 1. The monoisotopic (exact) mass is 555 g/mol. The fourth-order valence-corrected chi connectivity index (χ4v) is 7.01. The summed E-state index contributed by atoms with van der Waals surface area (Å²) in [6.45, 7) is 1.92. The molecular formula is C34H25N3O5. The molecule has 1 spiro atoms. The average molecular weight is 556 g/mol. The molecule has 1 fully saturated rings. The first-order chi connectivity index (χ1) is 20.3. The van der Waals surface area contributed by atoms with Crippen LogP contribution in [0.1, 0.15) is 49.0 Å². The minimum absolute atomic E-state index is 0.0737. The van der Waals surface area contributed by atoms with Crippen LogP contribution in [0, 0.1) is 23.0 Å². The number of carbonyl (C=O) groups excluding carboxylic acids is 3. The highest BCUT2D eigenvalue weighted by atomic mass is 16.6. The highest BCUT2D eigenvalue weighted by molar-refractivity contribution is 6.16. The third-order valence-electron chi connectivity index (χ3n) is 8.80. The molecule has 1 N–H and O–H groups in total. The van der Waals surface area contributed by atoms with E-state index in [1.807, 2.05) is 72.5 Å². The molecule has 1 saturated heterocycles. The standard InChI is InChI=1S/C34H25N3O5/c1-20-13-15-22(16-14-20)31(39)29-28(30(38)23-8-6-9-24(19-23)37(41)42)34(26-11-4-5-12-27(26)35-33(34)40)32-25-10-3-2-7-21(25)17-18-36(29)32/h2-19,28-29,32H,1H3,(H,35,40)/t28-,29+,32-,34-/m1/s1. The van der Waals surface area contributed by atoms with Gasteiger partial charge in [0.25, 0.3) is 5.69 Å². The fraction of sp³-hybridized carbons (Fsp3) is 0.147. The molecule has 0 unspecified atom stereocenters. The van der Waals surface area contributed by atoms with Crippen molar-refractivity contribution in [3.8, 4) is 0 Å². The van der Waals surface area contributed by atoms with Gasteiger partial charge in [0.15, 0.2) is 11.6 Å². The van der Waals surface area contributed by atoms with Gasteiger partial charge in [-0.1, -0.05) is 84.4 Å². The van der Waals surface area contributed by atoms with Gasteiger partial charge in [-0.15, -0.1) is 0 Å². The molecule has 0 aliphatic carbocycles. The van der Waals surface area contributed by atoms with Crippen molar-refractivity contribution in [2.75, 3.05) is 5.32 Å². The molecule has 3 aliphatic rings. The maximum Gasteiger partial charge on any atom is 0.270 e. The first-order valence-corrected chi connectivity index (χ1v) is 13.7. The second-order valence-electron chi connectivity index (χ2n) is 11.0. The van der Waals surface area contributed by atoms with Gasteiger partial charge < -0.3 is 10.2 Å². The number of non-ortho nitro benzene ring substituents is 1. The number of nitro groups is 1. The molecular weight excluding hydrogens is 530 g/mol. The Kier molecular flexibility index (Phi) is 5.69. The zero-order valence-electron chi connectivity index (χ0n) is 22.6. The molecule has 42 heavy (non-hydrogen) atoms. The number of anilines is 1. The Morgan fingerprint density at radius 3 is 2.40 bits per heavy atom. The molecule has 8 heteroatoms. The number of Topliss-reactive ketones (excluding diaryl/α,β-unsaturated/α-hetero) is 2. The predicted octanol–water partition coefficient (Wildman–Crippen LogP) is 5.88. The van der Waals surface area contributed by atoms with E-state index >= 15 is 0 Å². The van der Waals surface area contributed by atoms with E-state index in [-0.39, 0.29) is 22.9 Å². The number of aryl methyl sites for hydroxylation is 1. The van der Waals surface area contributed by atoms with Crippen LogP contribution in [-0.2, 0) is 10.2 Å². The summed E-state index contributed by atoms with van der Waals surface area (Å²) in [5.41, 5.74) is 2.64. The highest BCUT2D eigenvalue weighted by Gasteiger charge is 2.70. The second kappa shape index (κ2) is 9.34. The van der Waals surface area contributed by atoms with Crippen LogP contribution in [0.4, 0.5) is 11.4 Å². The summed E-state index contributed by atoms with van der Waals surface area (Å²) in [5.74, 6) is -2.39. The van der Waals surface area contributed by atoms with Crippen LogP contribution in [0.3, 0.4) is 0 Å². The number of nitrogens with one attached hydrogen (secondary N) is 1. The molecule has 0 bridgehead atoms. The van der Waals surface area contributed by atoms with E-state index in [1.165, 1.54) is 24.3 Å². The molecule has 3 heterocycles. The van der Waals surface area contributed by atoms with Gasteiger partial charge in [-0.3, -0.25) is 24.5 Å². The first-order valence-electron chi connectivity index (χ1n) is 13.7. The van der Waals surface area contributed by atoms with Crippen LogP contribution in [0.25, 0.3) is 6.08 Å². The Bertz CT molecular complexity index is 1850. The van der Waals surface area contributed by atoms with Crippen LogP contribution >= 0.6 is 0 Å². The van der Waals surface area contributed by atoms with Crippen molar-refractivity contribution in [3.05, 3.63) is 147 Å². The van der Waals surface area contributed by atoms with E-state index in [4.69, 9.17) is 0 Å². The zero-order chi connectivity index (χ0) is 29.2. The van der Waals surface area contributed by atoms with Gasteiger partial charge >= 0.3 is 0 Å². The number of fused-ring (bicyclic) bond motifs is 6. The zero-order valence-corrected chi connectivity index (χ0v) is 22.6. The van der Waals surface area contributed by atoms with Crippen LogP contribution in [0.15, 0.2) is 103 Å². The van der Waals surface area contributed by atoms with Gasteiger partial charge in [-0.25, -0.2) is 0 Å². The lowest BCUT2D eigenvalue weighted by Crippen LogP contribution is -2.49. The van der Waals surface area contributed by atoms with Crippen LogP contribution in [0.2, 0.25) is 0 Å². The lowest BCUT2D eigenvalue weighted by Gasteiger charge is -2.38. The van der Waals surface area contributed by atoms with Gasteiger partial charge in [0, 0.05) is 35.1 Å². The summed E-state index contributed by atoms with van der Waals surface area (Å²) < 4.78 is 0. The molecule has 4 atom stereocenters. The number of para-hydroxylation sites is 1. The number of hydrogen-bond acceptors (Lipinski definition) is 6. The maximum absolute atomic E-state index is 14.8. The predicted molar refractivity (Wildman–Crippen MR) is 157 cm³/mol. The largest absolute Gasteiger partial charge is 0.358 e. The van der Waals surface area contributed by atoms with Crippen molar-refractivity contribution in [2.45, 2.75) is 24.4 Å². The summed E-state index contributed by atoms with van der Waals surface area (Å²) in [7, 11) is 0. The van der Waals surface area contributed by atoms with Crippen molar-refractivity contribution < 1.29 is 19.3 Å². The number of ketones is 2. The van der Waals surface area contributed by atoms with E-state index in [2.05, 4.69) is 5.32 Å². The Balaban J connectivity index is 1.53. The normalized spacial score (nSPS) is 23.2. The molecule has 8 nitrogen and oxygen atoms in total. The Morgan fingerprint density at radius 2 is 1.62 bits per heavy atom. The topological polar surface area (TPSA) is 110 Å². The van der Waals surface area contributed by atoms with Gasteiger partial charge in [0.05, 0.1) is 16.9 Å². The van der Waals surface area contributed by atoms with E-state index in [9.17, 15) is 24.5 Å². The summed E-state index contributed by atoms with van der Waals surface area (Å²) >= 11 is 0. The van der Waals surface area contributed by atoms with E-state index in [0.717, 1.165) is 16.7 Å². The van der Waals surface area contributed by atoms with Gasteiger partial charge in [-0.05, 0) is 35.8 Å². The molecule has 7 rings (SSSR count). The molecule has 0 radical (unpaired) electrons. The smallest absolute Gasteiger partial charge is 0.270 e. The number of carbonyl (C=O) groups is 3. The molecule has 4 aromatic carbocycles. The molecule has 3 aliphatic heterocycles. The number of nitrogens with zero attached hydrogens (tertiary/aromatic N) is 2. The van der Waals surface area contributed by atoms with Gasteiger partial charge in [0.1, 0.15) is 11.5 Å². The first kappa shape index (κ1) is 25.6. The number of nitro benzene ring substituents is 1. The Morgan fingerprint density at radius 1 is 0.881 bits per heavy atom. The van der Waals surface area contributed by atoms with Crippen molar-refractivity contribution >= 4 is 34.9 Å². The third kappa shape index (κ3) is 3.51. The van der Waals surface area contributed by atoms with Crippen LogP contribution in [-0.4, -0.2) is 33.3 Å². The lowest BCUT2D eigenvalue weighted by molar-refractivity contribution is -0.384. The van der Waals surface area contributed by atoms with Crippen molar-refractivity contribution in [1.29, 1.82) is 0 Å². The Hall–Kier alpha value is -5.37. The highest BCUT2D eigenvalue weighted by Crippen LogP contribution is 2.62. The Labute approximate surface area is 241 Å². The summed E-state index contributed by atoms with van der Waals surface area (Å²) in [5, 5.41) is 14.7. The van der Waals surface area contributed by atoms with Gasteiger partial charge in [-0.2, -0.15) is 0 Å². The third-order valence-corrected chi connectivity index (χ3v) is 8.80. The van der Waals surface area contributed by atoms with Crippen molar-refractivity contribution in [3.63, 3.8) is 0 Å². The van der Waals surface area contributed by atoms with Crippen LogP contribution < -0.4 is 5.32 Å². The lowest BCUT2D eigenvalue weighted by atomic mass is 9.62. The minimum Gasteiger partial charge on any atom is -0.358 e. The fourth-order valence-electron chi connectivity index (χ4n) is 7.01. The SMILES string of the molecule is Cc1ccc(C(=O)[C@@H]2[C@H](C(=O)c3cccc([N+](=O)[O-])c3)[C@@]3(C(=O)Nc4ccccc43)[C@H]3c4ccccc4C=CN23)cc1. The molecule has 206 valence electrons. The van der Waals surface area contributed by atoms with E-state index in [1.54, 1.807) is 24.4 Å². The quantitative estimate of drug-likeness (QED) is 0.187. The maximum atomic E-state index is 14.8.